The maximum Gasteiger partial charge on any atom is 0.178 e. The quantitative estimate of drug-likeness (QED) is 0.579. The molecule has 7 nitrogen and oxygen atoms in total. The highest BCUT2D eigenvalue weighted by Crippen LogP contribution is 2.39. The lowest BCUT2D eigenvalue weighted by Crippen LogP contribution is -2.62. The van der Waals surface area contributed by atoms with E-state index >= 15 is 0 Å². The van der Waals surface area contributed by atoms with E-state index in [1.54, 1.807) is 19.9 Å². The second-order valence-electron chi connectivity index (χ2n) is 7.82. The zero-order chi connectivity index (χ0) is 21.6. The molecule has 0 spiro atoms. The third-order valence-electron chi connectivity index (χ3n) is 5.32. The largest absolute Gasteiger partial charge is 0.388 e. The number of hydrogen-bond acceptors (Lipinski definition) is 6. The van der Waals surface area contributed by atoms with Crippen LogP contribution in [0.15, 0.2) is 31.0 Å². The van der Waals surface area contributed by atoms with Crippen molar-refractivity contribution >= 4 is 11.6 Å². The highest BCUT2D eigenvalue weighted by molar-refractivity contribution is 6.30. The van der Waals surface area contributed by atoms with Gasteiger partial charge in [0.1, 0.15) is 30.0 Å². The van der Waals surface area contributed by atoms with Crippen LogP contribution in [0.4, 0.5) is 8.78 Å². The van der Waals surface area contributed by atoms with E-state index in [4.69, 9.17) is 25.8 Å². The Kier molecular flexibility index (Phi) is 5.67. The van der Waals surface area contributed by atoms with Crippen molar-refractivity contribution in [1.82, 2.24) is 15.0 Å². The normalized spacial score (nSPS) is 30.7. The Hall–Kier alpha value is -1.91. The number of aliphatic hydroxyl groups is 1. The molecule has 1 N–H and O–H groups in total. The molecule has 3 heterocycles. The van der Waals surface area contributed by atoms with Gasteiger partial charge < -0.3 is 19.3 Å². The minimum absolute atomic E-state index is 0.0860. The summed E-state index contributed by atoms with van der Waals surface area (Å²) in [6.07, 6.45) is 0.902. The summed E-state index contributed by atoms with van der Waals surface area (Å²) in [5.74, 6) is -3.16. The Labute approximate surface area is 177 Å². The molecule has 2 aliphatic rings. The van der Waals surface area contributed by atoms with E-state index in [1.165, 1.54) is 23.0 Å². The van der Waals surface area contributed by atoms with E-state index in [0.717, 1.165) is 0 Å². The summed E-state index contributed by atoms with van der Waals surface area (Å²) in [6, 6.07) is 1.89. The third-order valence-corrected chi connectivity index (χ3v) is 5.62. The maximum atomic E-state index is 14.4. The predicted molar refractivity (Wildman–Crippen MR) is 104 cm³/mol. The zero-order valence-electron chi connectivity index (χ0n) is 16.5. The number of aromatic nitrogens is 3. The predicted octanol–water partition coefficient (Wildman–Crippen LogP) is 3.27. The fraction of sp³-hybridized carbons (Fsp3) is 0.500. The number of hydrogen-bond donors (Lipinski definition) is 1. The van der Waals surface area contributed by atoms with Crippen molar-refractivity contribution in [3.8, 4) is 11.3 Å². The number of ether oxygens (including phenoxy) is 3. The number of rotatable bonds is 4. The summed E-state index contributed by atoms with van der Waals surface area (Å²) >= 11 is 5.63. The van der Waals surface area contributed by atoms with Gasteiger partial charge in [0, 0.05) is 5.56 Å². The van der Waals surface area contributed by atoms with Gasteiger partial charge in [0.2, 0.25) is 0 Å². The molecule has 0 bridgehead atoms. The smallest absolute Gasteiger partial charge is 0.178 e. The number of halogens is 3. The number of aliphatic hydroxyl groups excluding tert-OH is 1. The van der Waals surface area contributed by atoms with E-state index in [0.29, 0.717) is 6.42 Å². The Bertz CT molecular complexity index is 954. The number of benzene rings is 1. The maximum absolute atomic E-state index is 14.4. The second kappa shape index (κ2) is 7.97. The van der Waals surface area contributed by atoms with Crippen molar-refractivity contribution in [2.45, 2.75) is 56.5 Å². The molecule has 0 amide bonds. The molecule has 1 unspecified atom stereocenters. The molecule has 2 aliphatic heterocycles. The third kappa shape index (κ3) is 3.76. The molecular formula is C20H22ClF2N3O4. The summed E-state index contributed by atoms with van der Waals surface area (Å²) < 4.78 is 47.3. The Morgan fingerprint density at radius 1 is 1.37 bits per heavy atom. The first kappa shape index (κ1) is 21.3. The summed E-state index contributed by atoms with van der Waals surface area (Å²) in [5.41, 5.74) is 0.0158. The van der Waals surface area contributed by atoms with Crippen molar-refractivity contribution in [1.29, 1.82) is 0 Å². The van der Waals surface area contributed by atoms with Crippen molar-refractivity contribution in [2.24, 2.45) is 0 Å². The molecule has 1 aromatic carbocycles. The van der Waals surface area contributed by atoms with Crippen LogP contribution in [0, 0.1) is 11.6 Å². The van der Waals surface area contributed by atoms with Crippen LogP contribution in [0.3, 0.4) is 0 Å². The highest BCUT2D eigenvalue weighted by Gasteiger charge is 2.51. The van der Waals surface area contributed by atoms with Crippen LogP contribution < -0.4 is 0 Å². The highest BCUT2D eigenvalue weighted by atomic mass is 35.5. The summed E-state index contributed by atoms with van der Waals surface area (Å²) in [5, 5.41) is 18.7. The fourth-order valence-corrected chi connectivity index (χ4v) is 4.02. The SMILES string of the molecule is C=CC[C@H]1O[C@@H]2COC(C)(C)O[C@@H]2C(n2cc(-c3ccc(Cl)c(F)c3F)nn2)[C@H]1O. The number of fused-ring (bicyclic) bond motifs is 1. The molecular weight excluding hydrogens is 420 g/mol. The van der Waals surface area contributed by atoms with Gasteiger partial charge >= 0.3 is 0 Å². The summed E-state index contributed by atoms with van der Waals surface area (Å²) in [4.78, 5) is 0. The monoisotopic (exact) mass is 441 g/mol. The van der Waals surface area contributed by atoms with E-state index in [9.17, 15) is 13.9 Å². The molecule has 0 radical (unpaired) electrons. The van der Waals surface area contributed by atoms with Gasteiger partial charge in [-0.1, -0.05) is 22.9 Å². The van der Waals surface area contributed by atoms with Crippen molar-refractivity contribution in [3.63, 3.8) is 0 Å². The molecule has 30 heavy (non-hydrogen) atoms. The summed E-state index contributed by atoms with van der Waals surface area (Å²) in [6.45, 7) is 7.51. The molecule has 2 fully saturated rings. The Balaban J connectivity index is 1.71. The standard InChI is InChI=1S/C20H22ClF2N3O4/c1-4-5-13-18(27)17(19-14(29-13)9-28-20(2,3)30-19)26-8-12(24-25-26)10-6-7-11(21)16(23)15(10)22/h4,6-8,13-14,17-19,27H,1,5,9H2,2-3H3/t13-,14-,17?,18+,19+/m1/s1. The van der Waals surface area contributed by atoms with Crippen molar-refractivity contribution < 1.29 is 28.1 Å². The fourth-order valence-electron chi connectivity index (χ4n) is 3.88. The molecule has 0 aliphatic carbocycles. The first-order chi connectivity index (χ1) is 14.2. The van der Waals surface area contributed by atoms with Gasteiger partial charge in [-0.15, -0.1) is 11.7 Å². The Morgan fingerprint density at radius 2 is 2.13 bits per heavy atom. The van der Waals surface area contributed by atoms with Gasteiger partial charge in [0.15, 0.2) is 17.4 Å². The van der Waals surface area contributed by atoms with Crippen LogP contribution in [-0.2, 0) is 14.2 Å². The van der Waals surface area contributed by atoms with Gasteiger partial charge in [-0.05, 0) is 32.4 Å². The molecule has 4 rings (SSSR count). The van der Waals surface area contributed by atoms with Gasteiger partial charge in [-0.2, -0.15) is 0 Å². The van der Waals surface area contributed by atoms with Gasteiger partial charge in [0.05, 0.1) is 23.9 Å². The van der Waals surface area contributed by atoms with Crippen LogP contribution in [0.1, 0.15) is 26.3 Å². The van der Waals surface area contributed by atoms with E-state index in [2.05, 4.69) is 16.9 Å². The van der Waals surface area contributed by atoms with Gasteiger partial charge in [-0.25, -0.2) is 13.5 Å². The van der Waals surface area contributed by atoms with E-state index in [-0.39, 0.29) is 22.9 Å². The Morgan fingerprint density at radius 3 is 2.87 bits per heavy atom. The second-order valence-corrected chi connectivity index (χ2v) is 8.23. The van der Waals surface area contributed by atoms with Crippen LogP contribution >= 0.6 is 11.6 Å². The molecule has 1 aromatic heterocycles. The number of nitrogens with zero attached hydrogens (tertiary/aromatic N) is 3. The zero-order valence-corrected chi connectivity index (χ0v) is 17.2. The average Bonchev–Trinajstić information content (AvgIpc) is 3.16. The van der Waals surface area contributed by atoms with E-state index < -0.39 is 47.9 Å². The molecule has 10 heteroatoms. The van der Waals surface area contributed by atoms with E-state index in [1.807, 2.05) is 0 Å². The van der Waals surface area contributed by atoms with Gasteiger partial charge in [0.25, 0.3) is 0 Å². The minimum atomic E-state index is -1.16. The van der Waals surface area contributed by atoms with Crippen LogP contribution in [-0.4, -0.2) is 56.9 Å². The molecule has 162 valence electrons. The first-order valence-electron chi connectivity index (χ1n) is 9.53. The molecule has 2 aromatic rings. The lowest BCUT2D eigenvalue weighted by molar-refractivity contribution is -0.348. The lowest BCUT2D eigenvalue weighted by atomic mass is 9.90. The van der Waals surface area contributed by atoms with Crippen LogP contribution in [0.25, 0.3) is 11.3 Å². The topological polar surface area (TPSA) is 78.6 Å². The van der Waals surface area contributed by atoms with Crippen LogP contribution in [0.2, 0.25) is 5.02 Å². The lowest BCUT2D eigenvalue weighted by Gasteiger charge is -2.50. The van der Waals surface area contributed by atoms with Crippen molar-refractivity contribution in [3.05, 3.63) is 47.6 Å². The molecule has 2 saturated heterocycles. The average molecular weight is 442 g/mol. The van der Waals surface area contributed by atoms with Gasteiger partial charge in [-0.3, -0.25) is 0 Å². The molecule has 0 saturated carbocycles. The summed E-state index contributed by atoms with van der Waals surface area (Å²) in [7, 11) is 0. The first-order valence-corrected chi connectivity index (χ1v) is 9.91. The minimum Gasteiger partial charge on any atom is -0.388 e. The van der Waals surface area contributed by atoms with Crippen LogP contribution in [0.5, 0.6) is 0 Å². The van der Waals surface area contributed by atoms with Crippen molar-refractivity contribution in [2.75, 3.05) is 6.61 Å². The molecule has 5 atom stereocenters.